The number of hydrogen-bond donors (Lipinski definition) is 2. The van der Waals surface area contributed by atoms with Crippen LogP contribution in [0.2, 0.25) is 0 Å². The van der Waals surface area contributed by atoms with E-state index >= 15 is 0 Å². The first-order chi connectivity index (χ1) is 7.18. The van der Waals surface area contributed by atoms with E-state index in [-0.39, 0.29) is 11.7 Å². The van der Waals surface area contributed by atoms with Crippen LogP contribution < -0.4 is 4.90 Å². The molecule has 1 aromatic rings. The predicted molar refractivity (Wildman–Crippen MR) is 54.0 cm³/mol. The predicted octanol–water partition coefficient (Wildman–Crippen LogP) is 0.351. The van der Waals surface area contributed by atoms with Gasteiger partial charge in [0, 0.05) is 19.3 Å². The van der Waals surface area contributed by atoms with Gasteiger partial charge in [0.15, 0.2) is 0 Å². The summed E-state index contributed by atoms with van der Waals surface area (Å²) >= 11 is 0. The number of aromatic carboxylic acids is 1. The Balaban J connectivity index is 2.31. The summed E-state index contributed by atoms with van der Waals surface area (Å²) in [5.74, 6) is -0.964. The molecular weight excluding hydrogens is 196 g/mol. The van der Waals surface area contributed by atoms with Gasteiger partial charge in [-0.15, -0.1) is 0 Å². The fourth-order valence-electron chi connectivity index (χ4n) is 1.78. The molecule has 0 bridgehead atoms. The summed E-state index contributed by atoms with van der Waals surface area (Å²) < 4.78 is 0. The van der Waals surface area contributed by atoms with E-state index in [1.807, 2.05) is 4.90 Å². The average molecular weight is 208 g/mol. The van der Waals surface area contributed by atoms with E-state index in [1.165, 1.54) is 18.5 Å². The maximum atomic E-state index is 10.9. The number of anilines is 1. The highest BCUT2D eigenvalue weighted by atomic mass is 16.4. The highest BCUT2D eigenvalue weighted by Gasteiger charge is 2.24. The Kier molecular flexibility index (Phi) is 2.55. The molecule has 5 heteroatoms. The van der Waals surface area contributed by atoms with Gasteiger partial charge in [-0.2, -0.15) is 0 Å². The first kappa shape index (κ1) is 9.92. The van der Waals surface area contributed by atoms with E-state index in [9.17, 15) is 9.90 Å². The van der Waals surface area contributed by atoms with E-state index in [0.717, 1.165) is 0 Å². The Morgan fingerprint density at radius 3 is 3.00 bits per heavy atom. The van der Waals surface area contributed by atoms with Crippen LogP contribution >= 0.6 is 0 Å². The van der Waals surface area contributed by atoms with Crippen LogP contribution in [0.3, 0.4) is 0 Å². The first-order valence-electron chi connectivity index (χ1n) is 4.79. The van der Waals surface area contributed by atoms with Crippen LogP contribution in [0.5, 0.6) is 0 Å². The molecule has 2 N–H and O–H groups in total. The normalized spacial score (nSPS) is 20.6. The Morgan fingerprint density at radius 1 is 1.60 bits per heavy atom. The third kappa shape index (κ3) is 1.92. The minimum Gasteiger partial charge on any atom is -0.478 e. The van der Waals surface area contributed by atoms with Crippen molar-refractivity contribution < 1.29 is 15.0 Å². The van der Waals surface area contributed by atoms with Crippen molar-refractivity contribution in [1.29, 1.82) is 0 Å². The van der Waals surface area contributed by atoms with E-state index in [0.29, 0.717) is 25.2 Å². The van der Waals surface area contributed by atoms with Crippen molar-refractivity contribution in [2.45, 2.75) is 12.5 Å². The number of nitrogens with zero attached hydrogens (tertiary/aromatic N) is 2. The van der Waals surface area contributed by atoms with Crippen LogP contribution in [0.15, 0.2) is 18.5 Å². The van der Waals surface area contributed by atoms with Crippen molar-refractivity contribution in [3.8, 4) is 0 Å². The molecular formula is C10H12N2O3. The molecule has 1 fully saturated rings. The summed E-state index contributed by atoms with van der Waals surface area (Å²) in [5.41, 5.74) is 0.820. The van der Waals surface area contributed by atoms with Crippen LogP contribution in [-0.2, 0) is 0 Å². The molecule has 15 heavy (non-hydrogen) atoms. The molecule has 5 nitrogen and oxygen atoms in total. The second-order valence-electron chi connectivity index (χ2n) is 3.59. The molecule has 1 atom stereocenters. The minimum absolute atomic E-state index is 0.235. The molecule has 80 valence electrons. The zero-order chi connectivity index (χ0) is 10.8. The number of aromatic nitrogens is 1. The lowest BCUT2D eigenvalue weighted by Gasteiger charge is -2.18. The number of β-amino-alcohol motifs (C(OH)–C–C–N with tert-alkyl or cyclic N) is 1. The first-order valence-corrected chi connectivity index (χ1v) is 4.79. The minimum atomic E-state index is -0.964. The van der Waals surface area contributed by atoms with Gasteiger partial charge in [-0.1, -0.05) is 0 Å². The summed E-state index contributed by atoms with van der Waals surface area (Å²) in [4.78, 5) is 16.7. The number of aliphatic hydroxyl groups excluding tert-OH is 1. The van der Waals surface area contributed by atoms with Crippen LogP contribution in [-0.4, -0.2) is 40.4 Å². The third-order valence-corrected chi connectivity index (χ3v) is 2.53. The molecule has 1 aliphatic rings. The number of carboxylic acid groups (broad SMARTS) is 1. The largest absolute Gasteiger partial charge is 0.478 e. The molecule has 1 aliphatic heterocycles. The molecule has 0 spiro atoms. The molecule has 0 amide bonds. The van der Waals surface area contributed by atoms with Gasteiger partial charge < -0.3 is 15.1 Å². The fourth-order valence-corrected chi connectivity index (χ4v) is 1.78. The number of aliphatic hydroxyl groups is 1. The van der Waals surface area contributed by atoms with Crippen molar-refractivity contribution in [3.63, 3.8) is 0 Å². The Bertz CT molecular complexity index is 381. The Hall–Kier alpha value is -1.62. The molecule has 1 unspecified atom stereocenters. The van der Waals surface area contributed by atoms with Gasteiger partial charge in [0.2, 0.25) is 0 Å². The number of carboxylic acids is 1. The van der Waals surface area contributed by atoms with Gasteiger partial charge in [-0.3, -0.25) is 4.98 Å². The molecule has 0 saturated carbocycles. The maximum Gasteiger partial charge on any atom is 0.337 e. The highest BCUT2D eigenvalue weighted by Crippen LogP contribution is 2.23. The van der Waals surface area contributed by atoms with Gasteiger partial charge in [-0.25, -0.2) is 4.79 Å². The fraction of sp³-hybridized carbons (Fsp3) is 0.400. The number of carbonyl (C=O) groups is 1. The van der Waals surface area contributed by atoms with Crippen LogP contribution in [0, 0.1) is 0 Å². The van der Waals surface area contributed by atoms with E-state index < -0.39 is 5.97 Å². The van der Waals surface area contributed by atoms with Gasteiger partial charge in [0.1, 0.15) is 0 Å². The molecule has 2 rings (SSSR count). The summed E-state index contributed by atoms with van der Waals surface area (Å²) in [6.45, 7) is 1.15. The number of pyridine rings is 1. The molecule has 0 aromatic carbocycles. The lowest BCUT2D eigenvalue weighted by Crippen LogP contribution is -2.23. The molecule has 0 radical (unpaired) electrons. The van der Waals surface area contributed by atoms with Gasteiger partial charge >= 0.3 is 5.97 Å². The van der Waals surface area contributed by atoms with Crippen molar-refractivity contribution in [2.75, 3.05) is 18.0 Å². The standard InChI is InChI=1S/C10H12N2O3/c13-7-2-4-12(6-7)9-5-11-3-1-8(9)10(14)15/h1,3,5,7,13H,2,4,6H2,(H,14,15). The lowest BCUT2D eigenvalue weighted by molar-refractivity contribution is 0.0697. The van der Waals surface area contributed by atoms with Crippen molar-refractivity contribution in [1.82, 2.24) is 4.98 Å². The maximum absolute atomic E-state index is 10.9. The number of rotatable bonds is 2. The second kappa shape index (κ2) is 3.86. The molecule has 2 heterocycles. The average Bonchev–Trinajstić information content (AvgIpc) is 2.65. The van der Waals surface area contributed by atoms with Crippen molar-refractivity contribution in [3.05, 3.63) is 24.0 Å². The molecule has 1 aromatic heterocycles. The lowest BCUT2D eigenvalue weighted by atomic mass is 10.2. The summed E-state index contributed by atoms with van der Waals surface area (Å²) in [6.07, 6.45) is 3.29. The SMILES string of the molecule is O=C(O)c1ccncc1N1CCC(O)C1. The molecule has 1 saturated heterocycles. The van der Waals surface area contributed by atoms with E-state index in [2.05, 4.69) is 4.98 Å². The van der Waals surface area contributed by atoms with Crippen molar-refractivity contribution in [2.24, 2.45) is 0 Å². The van der Waals surface area contributed by atoms with Crippen LogP contribution in [0.4, 0.5) is 5.69 Å². The zero-order valence-electron chi connectivity index (χ0n) is 8.13. The van der Waals surface area contributed by atoms with Crippen molar-refractivity contribution >= 4 is 11.7 Å². The smallest absolute Gasteiger partial charge is 0.337 e. The van der Waals surface area contributed by atoms with E-state index in [1.54, 1.807) is 0 Å². The van der Waals surface area contributed by atoms with Crippen LogP contribution in [0.1, 0.15) is 16.8 Å². The monoisotopic (exact) mass is 208 g/mol. The quantitative estimate of drug-likeness (QED) is 0.733. The Labute approximate surface area is 87.0 Å². The van der Waals surface area contributed by atoms with Gasteiger partial charge in [0.25, 0.3) is 0 Å². The number of hydrogen-bond acceptors (Lipinski definition) is 4. The van der Waals surface area contributed by atoms with Crippen LogP contribution in [0.25, 0.3) is 0 Å². The van der Waals surface area contributed by atoms with E-state index in [4.69, 9.17) is 5.11 Å². The summed E-state index contributed by atoms with van der Waals surface area (Å²) in [5, 5.41) is 18.4. The summed E-state index contributed by atoms with van der Waals surface area (Å²) in [6, 6.07) is 1.47. The highest BCUT2D eigenvalue weighted by molar-refractivity contribution is 5.94. The Morgan fingerprint density at radius 2 is 2.40 bits per heavy atom. The van der Waals surface area contributed by atoms with Gasteiger partial charge in [0.05, 0.1) is 23.6 Å². The molecule has 0 aliphatic carbocycles. The topological polar surface area (TPSA) is 73.7 Å². The zero-order valence-corrected chi connectivity index (χ0v) is 8.13. The third-order valence-electron chi connectivity index (χ3n) is 2.53. The second-order valence-corrected chi connectivity index (χ2v) is 3.59. The summed E-state index contributed by atoms with van der Waals surface area (Å²) in [7, 11) is 0. The van der Waals surface area contributed by atoms with Gasteiger partial charge in [-0.05, 0) is 12.5 Å².